The Morgan fingerprint density at radius 1 is 1.15 bits per heavy atom. The van der Waals surface area contributed by atoms with E-state index in [4.69, 9.17) is 32.1 Å². The average Bonchev–Trinajstić information content (AvgIpc) is 2.75. The van der Waals surface area contributed by atoms with Gasteiger partial charge in [-0.1, -0.05) is 0 Å². The number of rotatable bonds is 4. The molecular weight excluding hydrogens is 364 g/mol. The number of aliphatic imine (C=N–C) groups is 1. The molecule has 0 radical (unpaired) electrons. The molecule has 10 atom stereocenters. The highest BCUT2D eigenvalue weighted by Gasteiger charge is 2.56. The molecular formula is C14H28N6O7. The Hall–Kier alpha value is -1.74. The minimum Gasteiger partial charge on any atom is -0.389 e. The third kappa shape index (κ3) is 4.08. The van der Waals surface area contributed by atoms with Crippen molar-refractivity contribution in [1.29, 1.82) is 5.41 Å². The van der Waals surface area contributed by atoms with Crippen LogP contribution in [0.3, 0.4) is 0 Å². The van der Waals surface area contributed by atoms with Crippen LogP contribution in [0.15, 0.2) is 4.99 Å². The molecule has 1 aliphatic heterocycles. The summed E-state index contributed by atoms with van der Waals surface area (Å²) in [4.78, 5) is 3.84. The topological polar surface area (TPSA) is 246 Å². The van der Waals surface area contributed by atoms with Gasteiger partial charge in [0.25, 0.3) is 0 Å². The zero-order valence-corrected chi connectivity index (χ0v) is 14.9. The second kappa shape index (κ2) is 7.71. The van der Waals surface area contributed by atoms with Gasteiger partial charge in [-0.05, 0) is 13.8 Å². The molecule has 1 saturated carbocycles. The summed E-state index contributed by atoms with van der Waals surface area (Å²) in [6.45, 7) is 2.88. The van der Waals surface area contributed by atoms with Gasteiger partial charge in [-0.25, -0.2) is 4.99 Å². The van der Waals surface area contributed by atoms with Gasteiger partial charge in [-0.3, -0.25) is 5.41 Å². The molecule has 0 amide bonds. The van der Waals surface area contributed by atoms with Crippen LogP contribution in [0, 0.1) is 5.41 Å². The minimum absolute atomic E-state index is 0.425. The second-order valence-electron chi connectivity index (χ2n) is 7.02. The van der Waals surface area contributed by atoms with Crippen LogP contribution in [0.1, 0.15) is 13.8 Å². The Kier molecular flexibility index (Phi) is 6.16. The van der Waals surface area contributed by atoms with E-state index in [9.17, 15) is 25.5 Å². The van der Waals surface area contributed by atoms with E-state index in [1.54, 1.807) is 0 Å². The van der Waals surface area contributed by atoms with E-state index in [2.05, 4.69) is 10.3 Å². The number of hydrogen-bond donors (Lipinski definition) is 10. The van der Waals surface area contributed by atoms with Crippen molar-refractivity contribution in [2.24, 2.45) is 22.2 Å². The molecule has 0 aromatic rings. The summed E-state index contributed by atoms with van der Waals surface area (Å²) < 4.78 is 10.9. The summed E-state index contributed by atoms with van der Waals surface area (Å²) in [6.07, 6.45) is -9.81. The van der Waals surface area contributed by atoms with E-state index >= 15 is 0 Å². The fraction of sp³-hybridized carbons (Fsp3) is 0.857. The Morgan fingerprint density at radius 2 is 1.74 bits per heavy atom. The number of aliphatic hydroxyl groups is 5. The summed E-state index contributed by atoms with van der Waals surface area (Å²) >= 11 is 0. The number of ether oxygens (including phenoxy) is 2. The van der Waals surface area contributed by atoms with Gasteiger partial charge in [-0.15, -0.1) is 0 Å². The zero-order valence-electron chi connectivity index (χ0n) is 14.9. The maximum absolute atomic E-state index is 10.5. The van der Waals surface area contributed by atoms with Crippen LogP contribution in [-0.2, 0) is 9.47 Å². The van der Waals surface area contributed by atoms with Crippen LogP contribution < -0.4 is 22.5 Å². The second-order valence-corrected chi connectivity index (χ2v) is 7.02. The molecule has 2 aliphatic rings. The van der Waals surface area contributed by atoms with Crippen LogP contribution in [0.2, 0.25) is 0 Å². The quantitative estimate of drug-likeness (QED) is 0.160. The molecule has 2 rings (SSSR count). The van der Waals surface area contributed by atoms with Crippen molar-refractivity contribution in [3.8, 4) is 0 Å². The van der Waals surface area contributed by atoms with E-state index in [-0.39, 0.29) is 0 Å². The van der Waals surface area contributed by atoms with Gasteiger partial charge in [0.1, 0.15) is 42.2 Å². The standard InChI is InChI=1S/C14H28N6O7/c1-3-14(2,25)10(24)11(26-3)27-9-5(20-13(17)18)6(21)4(19-12(15)16)7(22)8(9)23/h3-11,21-25H,1-2H3,(H4,15,16,19)(H4,17,18,20). The third-order valence-corrected chi connectivity index (χ3v) is 5.04. The molecule has 156 valence electrons. The van der Waals surface area contributed by atoms with Crippen LogP contribution in [0.5, 0.6) is 0 Å². The highest BCUT2D eigenvalue weighted by Crippen LogP contribution is 2.35. The fourth-order valence-corrected chi connectivity index (χ4v) is 3.24. The summed E-state index contributed by atoms with van der Waals surface area (Å²) in [5.41, 5.74) is 14.4. The summed E-state index contributed by atoms with van der Waals surface area (Å²) in [5.74, 6) is -0.974. The molecule has 0 aromatic carbocycles. The normalized spacial score (nSPS) is 47.4. The number of nitrogens with zero attached hydrogens (tertiary/aromatic N) is 1. The molecule has 13 N–H and O–H groups in total. The first-order chi connectivity index (χ1) is 12.4. The molecule has 10 unspecified atom stereocenters. The van der Waals surface area contributed by atoms with Crippen LogP contribution in [-0.4, -0.2) is 98.1 Å². The number of guanidine groups is 2. The SMILES string of the molecule is CC1OC(OC2C(O)C(O)C(NC(=N)N)C(O)C2N=C(N)N)C(O)C1(C)O. The first-order valence-corrected chi connectivity index (χ1v) is 8.32. The average molecular weight is 392 g/mol. The third-order valence-electron chi connectivity index (χ3n) is 5.04. The van der Waals surface area contributed by atoms with Crippen molar-refractivity contribution in [3.63, 3.8) is 0 Å². The molecule has 1 aliphatic carbocycles. The lowest BCUT2D eigenvalue weighted by molar-refractivity contribution is -0.242. The Labute approximate surface area is 155 Å². The van der Waals surface area contributed by atoms with Crippen molar-refractivity contribution >= 4 is 11.9 Å². The molecule has 0 bridgehead atoms. The Morgan fingerprint density at radius 3 is 2.19 bits per heavy atom. The van der Waals surface area contributed by atoms with Crippen LogP contribution >= 0.6 is 0 Å². The van der Waals surface area contributed by atoms with Gasteiger partial charge < -0.3 is 57.5 Å². The van der Waals surface area contributed by atoms with E-state index < -0.39 is 72.5 Å². The molecule has 1 saturated heterocycles. The van der Waals surface area contributed by atoms with Crippen molar-refractivity contribution < 1.29 is 35.0 Å². The van der Waals surface area contributed by atoms with Gasteiger partial charge in [0.15, 0.2) is 18.2 Å². The number of aliphatic hydroxyl groups excluding tert-OH is 4. The predicted molar refractivity (Wildman–Crippen MR) is 92.3 cm³/mol. The summed E-state index contributed by atoms with van der Waals surface area (Å²) in [6, 6.07) is -2.55. The predicted octanol–water partition coefficient (Wildman–Crippen LogP) is -5.18. The highest BCUT2D eigenvalue weighted by atomic mass is 16.7. The lowest BCUT2D eigenvalue weighted by atomic mass is 9.81. The smallest absolute Gasteiger partial charge is 0.187 e. The van der Waals surface area contributed by atoms with Crippen molar-refractivity contribution in [2.75, 3.05) is 0 Å². The molecule has 2 fully saturated rings. The number of hydrogen-bond acceptors (Lipinski definition) is 9. The molecule has 13 nitrogen and oxygen atoms in total. The lowest BCUT2D eigenvalue weighted by Gasteiger charge is -2.45. The van der Waals surface area contributed by atoms with Crippen LogP contribution in [0.25, 0.3) is 0 Å². The Balaban J connectivity index is 2.30. The minimum atomic E-state index is -1.64. The molecule has 13 heteroatoms. The number of nitrogens with two attached hydrogens (primary N) is 3. The first-order valence-electron chi connectivity index (χ1n) is 8.32. The highest BCUT2D eigenvalue weighted by molar-refractivity contribution is 5.76. The molecule has 0 aromatic heterocycles. The molecule has 0 spiro atoms. The maximum Gasteiger partial charge on any atom is 0.187 e. The monoisotopic (exact) mass is 392 g/mol. The summed E-state index contributed by atoms with van der Waals surface area (Å²) in [5, 5.41) is 61.4. The van der Waals surface area contributed by atoms with E-state index in [0.29, 0.717) is 0 Å². The van der Waals surface area contributed by atoms with E-state index in [1.165, 1.54) is 13.8 Å². The van der Waals surface area contributed by atoms with Gasteiger partial charge in [0.05, 0.1) is 12.1 Å². The van der Waals surface area contributed by atoms with E-state index in [1.807, 2.05) is 0 Å². The molecule has 1 heterocycles. The van der Waals surface area contributed by atoms with Crippen molar-refractivity contribution in [3.05, 3.63) is 0 Å². The van der Waals surface area contributed by atoms with Crippen LogP contribution in [0.4, 0.5) is 0 Å². The summed E-state index contributed by atoms with van der Waals surface area (Å²) in [7, 11) is 0. The first kappa shape index (κ1) is 21.6. The van der Waals surface area contributed by atoms with Crippen molar-refractivity contribution in [1.82, 2.24) is 5.32 Å². The van der Waals surface area contributed by atoms with Crippen molar-refractivity contribution in [2.45, 2.75) is 74.4 Å². The number of nitrogens with one attached hydrogen (secondary N) is 2. The zero-order chi connectivity index (χ0) is 20.7. The van der Waals surface area contributed by atoms with Gasteiger partial charge in [0, 0.05) is 0 Å². The van der Waals surface area contributed by atoms with Gasteiger partial charge in [-0.2, -0.15) is 0 Å². The molecule has 27 heavy (non-hydrogen) atoms. The maximum atomic E-state index is 10.5. The largest absolute Gasteiger partial charge is 0.389 e. The lowest BCUT2D eigenvalue weighted by Crippen LogP contribution is -2.69. The Bertz CT molecular complexity index is 586. The van der Waals surface area contributed by atoms with E-state index in [0.717, 1.165) is 0 Å². The fourth-order valence-electron chi connectivity index (χ4n) is 3.24. The van der Waals surface area contributed by atoms with Gasteiger partial charge >= 0.3 is 0 Å². The van der Waals surface area contributed by atoms with Gasteiger partial charge in [0.2, 0.25) is 0 Å².